The molecular formula is C6H11O6P. The minimum absolute atomic E-state index is 0.0599. The van der Waals surface area contributed by atoms with E-state index < -0.39 is 19.5 Å². The lowest BCUT2D eigenvalue weighted by Crippen LogP contribution is -2.43. The van der Waals surface area contributed by atoms with E-state index in [0.29, 0.717) is 0 Å². The number of rotatable bonds is 6. The lowest BCUT2D eigenvalue weighted by Gasteiger charge is -2.19. The molecule has 0 rings (SSSR count). The maximum absolute atomic E-state index is 10.6. The fraction of sp³-hybridized carbons (Fsp3) is 0.833. The van der Waals surface area contributed by atoms with Crippen LogP contribution in [0.2, 0.25) is 0 Å². The van der Waals surface area contributed by atoms with Crippen molar-refractivity contribution < 1.29 is 28.8 Å². The van der Waals surface area contributed by atoms with Crippen molar-refractivity contribution in [1.82, 2.24) is 0 Å². The summed E-state index contributed by atoms with van der Waals surface area (Å²) in [5.74, 6) is -1.66. The number of hydrogen-bond acceptors (Lipinski definition) is 5. The normalized spacial score (nSPS) is 12.7. The zero-order chi connectivity index (χ0) is 10.5. The monoisotopic (exact) mass is 210 g/mol. The Morgan fingerprint density at radius 1 is 1.46 bits per heavy atom. The van der Waals surface area contributed by atoms with Gasteiger partial charge in [-0.15, -0.1) is 0 Å². The van der Waals surface area contributed by atoms with E-state index in [0.717, 1.165) is 0 Å². The summed E-state index contributed by atoms with van der Waals surface area (Å²) < 4.78 is 19.8. The van der Waals surface area contributed by atoms with Gasteiger partial charge in [0.25, 0.3) is 0 Å². The summed E-state index contributed by atoms with van der Waals surface area (Å²) >= 11 is 0. The van der Waals surface area contributed by atoms with E-state index in [-0.39, 0.29) is 13.2 Å². The molecule has 0 spiro atoms. The van der Waals surface area contributed by atoms with Crippen molar-refractivity contribution in [3.05, 3.63) is 0 Å². The molecule has 0 aliphatic rings. The van der Waals surface area contributed by atoms with Crippen molar-refractivity contribution in [1.29, 1.82) is 0 Å². The molecule has 76 valence electrons. The van der Waals surface area contributed by atoms with Crippen molar-refractivity contribution in [3.8, 4) is 0 Å². The molecule has 6 nitrogen and oxygen atoms in total. The van der Waals surface area contributed by atoms with E-state index in [9.17, 15) is 14.3 Å². The van der Waals surface area contributed by atoms with Crippen LogP contribution in [0.3, 0.4) is 0 Å². The molecule has 13 heavy (non-hydrogen) atoms. The van der Waals surface area contributed by atoms with Gasteiger partial charge in [-0.3, -0.25) is 0 Å². The Balaban J connectivity index is 4.80. The summed E-state index contributed by atoms with van der Waals surface area (Å²) in [5, 5.41) is 8.62. The van der Waals surface area contributed by atoms with Gasteiger partial charge in [0.15, 0.2) is 0 Å². The van der Waals surface area contributed by atoms with Gasteiger partial charge < -0.3 is 19.5 Å². The van der Waals surface area contributed by atoms with Gasteiger partial charge in [0, 0.05) is 0 Å². The highest BCUT2D eigenvalue weighted by Gasteiger charge is 2.55. The number of carboxylic acids is 1. The lowest BCUT2D eigenvalue weighted by atomic mass is 10.6. The number of carbonyl (C=O) groups is 1. The van der Waals surface area contributed by atoms with Crippen LogP contribution >= 0.6 is 8.03 Å². The molecule has 0 aliphatic heterocycles. The zero-order valence-electron chi connectivity index (χ0n) is 7.35. The Morgan fingerprint density at radius 2 is 1.85 bits per heavy atom. The molecule has 0 amide bonds. The molecule has 0 aliphatic carbocycles. The van der Waals surface area contributed by atoms with Gasteiger partial charge in [0.2, 0.25) is 0 Å². The summed E-state index contributed by atoms with van der Waals surface area (Å²) in [6, 6.07) is 0. The second kappa shape index (κ2) is 5.24. The van der Waals surface area contributed by atoms with Crippen molar-refractivity contribution in [2.75, 3.05) is 13.2 Å². The molecule has 1 N–H and O–H groups in total. The molecule has 0 aromatic carbocycles. The van der Waals surface area contributed by atoms with Gasteiger partial charge >= 0.3 is 19.5 Å². The molecule has 1 atom stereocenters. The number of hydrogen-bond donors (Lipinski definition) is 1. The van der Waals surface area contributed by atoms with E-state index in [1.807, 2.05) is 0 Å². The topological polar surface area (TPSA) is 95.9 Å². The van der Waals surface area contributed by atoms with E-state index >= 15 is 0 Å². The van der Waals surface area contributed by atoms with Crippen LogP contribution in [0.5, 0.6) is 0 Å². The number of aliphatic carboxylic acids is 1. The van der Waals surface area contributed by atoms with Crippen molar-refractivity contribution >= 4 is 14.0 Å². The fourth-order valence-electron chi connectivity index (χ4n) is 0.740. The summed E-state index contributed by atoms with van der Waals surface area (Å²) in [6.07, 6.45) is 0. The predicted octanol–water partition coefficient (Wildman–Crippen LogP) is -0.0995. The maximum Gasteiger partial charge on any atom is 0.472 e. The molecule has 0 saturated carbocycles. The van der Waals surface area contributed by atoms with Gasteiger partial charge in [-0.2, -0.15) is 0 Å². The Hall–Kier alpha value is -0.550. The van der Waals surface area contributed by atoms with E-state index in [1.165, 1.54) is 13.8 Å². The Morgan fingerprint density at radius 3 is 2.00 bits per heavy atom. The van der Waals surface area contributed by atoms with Crippen LogP contribution in [-0.2, 0) is 18.8 Å². The summed E-state index contributed by atoms with van der Waals surface area (Å²) in [5.41, 5.74) is -2.53. The first-order chi connectivity index (χ1) is 6.01. The Labute approximate surface area is 76.3 Å². The fourth-order valence-corrected chi connectivity index (χ4v) is 1.37. The molecule has 7 heteroatoms. The zero-order valence-corrected chi connectivity index (χ0v) is 8.24. The van der Waals surface area contributed by atoms with Gasteiger partial charge in [0.05, 0.1) is 13.2 Å². The third-order valence-corrected chi connectivity index (χ3v) is 2.12. The van der Waals surface area contributed by atoms with Crippen molar-refractivity contribution in [2.45, 2.75) is 19.4 Å². The molecule has 1 unspecified atom stereocenters. The Bertz CT molecular complexity index is 181. The van der Waals surface area contributed by atoms with E-state index in [4.69, 9.17) is 5.11 Å². The SMILES string of the molecule is CCOC(OCC)(C(=O)O)[P+](=O)[O-]. The molecule has 0 aromatic rings. The highest BCUT2D eigenvalue weighted by atomic mass is 31.1. The molecule has 0 bridgehead atoms. The van der Waals surface area contributed by atoms with Crippen LogP contribution in [0.15, 0.2) is 0 Å². The van der Waals surface area contributed by atoms with Crippen LogP contribution in [0.1, 0.15) is 13.8 Å². The summed E-state index contributed by atoms with van der Waals surface area (Å²) in [6.45, 7) is 2.84. The van der Waals surface area contributed by atoms with E-state index in [2.05, 4.69) is 9.47 Å². The Kier molecular flexibility index (Phi) is 5.02. The average molecular weight is 210 g/mol. The first-order valence-electron chi connectivity index (χ1n) is 3.67. The minimum atomic E-state index is -3.34. The minimum Gasteiger partial charge on any atom is -0.591 e. The molecule has 0 heterocycles. The second-order valence-corrected chi connectivity index (χ2v) is 3.11. The van der Waals surface area contributed by atoms with Gasteiger partial charge in [-0.25, -0.2) is 4.79 Å². The van der Waals surface area contributed by atoms with Crippen LogP contribution in [0.25, 0.3) is 0 Å². The van der Waals surface area contributed by atoms with E-state index in [1.54, 1.807) is 0 Å². The lowest BCUT2D eigenvalue weighted by molar-refractivity contribution is -0.240. The van der Waals surface area contributed by atoms with Gasteiger partial charge in [0.1, 0.15) is 0 Å². The molecule has 0 aromatic heterocycles. The third-order valence-electron chi connectivity index (χ3n) is 1.19. The van der Waals surface area contributed by atoms with Gasteiger partial charge in [-0.05, 0) is 13.8 Å². The maximum atomic E-state index is 10.6. The van der Waals surface area contributed by atoms with Crippen LogP contribution in [-0.4, -0.2) is 29.8 Å². The molecule has 0 fully saturated rings. The molecule has 0 saturated heterocycles. The average Bonchev–Trinajstić information content (AvgIpc) is 2.03. The third kappa shape index (κ3) is 2.70. The highest BCUT2D eigenvalue weighted by Crippen LogP contribution is 2.34. The largest absolute Gasteiger partial charge is 0.591 e. The highest BCUT2D eigenvalue weighted by molar-refractivity contribution is 7.39. The van der Waals surface area contributed by atoms with Crippen LogP contribution in [0, 0.1) is 0 Å². The van der Waals surface area contributed by atoms with Gasteiger partial charge in [-0.1, -0.05) is 4.57 Å². The molecule has 0 radical (unpaired) electrons. The summed E-state index contributed by atoms with van der Waals surface area (Å²) in [4.78, 5) is 21.3. The standard InChI is InChI=1S/C6H11O6P/c1-3-11-6(5(7)8,12-4-2)13(9)10/h3-4H2,1-2H3,(H,7,8). The predicted molar refractivity (Wildman–Crippen MR) is 41.2 cm³/mol. The second-order valence-electron chi connectivity index (χ2n) is 2.01. The van der Waals surface area contributed by atoms with Crippen LogP contribution in [0.4, 0.5) is 0 Å². The van der Waals surface area contributed by atoms with Crippen molar-refractivity contribution in [2.24, 2.45) is 0 Å². The van der Waals surface area contributed by atoms with Crippen LogP contribution < -0.4 is 4.89 Å². The number of ether oxygens (including phenoxy) is 2. The summed E-state index contributed by atoms with van der Waals surface area (Å²) in [7, 11) is -3.34. The smallest absolute Gasteiger partial charge is 0.472 e. The quantitative estimate of drug-likeness (QED) is 0.485. The number of carboxylic acid groups (broad SMARTS) is 1. The first kappa shape index (κ1) is 12.4. The first-order valence-corrected chi connectivity index (χ1v) is 4.84. The van der Waals surface area contributed by atoms with Crippen molar-refractivity contribution in [3.63, 3.8) is 0 Å². The molecular weight excluding hydrogens is 199 g/mol.